The van der Waals surface area contributed by atoms with Crippen LogP contribution < -0.4 is 22.5 Å². The number of hydrogen-bond acceptors (Lipinski definition) is 11. The quantitative estimate of drug-likeness (QED) is 0.0849. The zero-order valence-electron chi connectivity index (χ0n) is 32.1. The van der Waals surface area contributed by atoms with Gasteiger partial charge in [0, 0.05) is 30.9 Å². The number of nitrogens with two attached hydrogens (primary N) is 3. The van der Waals surface area contributed by atoms with Gasteiger partial charge >= 0.3 is 0 Å². The molecule has 5 aromatic rings. The molecule has 12 nitrogen and oxygen atoms in total. The molecule has 1 fully saturated rings. The summed E-state index contributed by atoms with van der Waals surface area (Å²) >= 11 is 1.27. The topological polar surface area (TPSA) is 208 Å². The first-order valence-electron chi connectivity index (χ1n) is 19.5. The van der Waals surface area contributed by atoms with Crippen LogP contribution >= 0.6 is 11.3 Å². The molecule has 1 saturated carbocycles. The Morgan fingerprint density at radius 1 is 0.982 bits per heavy atom. The molecule has 0 saturated heterocycles. The number of rotatable bonds is 16. The SMILES string of the molecule is CC(N)C(=O)C(N)(C(=O)N(C(=O)c1cccnc1)C(CC1CCCCC1)C(O)CC(=O)NCc1cccc(CN)c1)C(c1cscn1)c1cccc2ccccc12. The van der Waals surface area contributed by atoms with Gasteiger partial charge in [-0.2, -0.15) is 0 Å². The van der Waals surface area contributed by atoms with Gasteiger partial charge in [-0.25, -0.2) is 4.98 Å². The molecule has 1 aliphatic rings. The zero-order chi connectivity index (χ0) is 40.5. The molecule has 0 spiro atoms. The summed E-state index contributed by atoms with van der Waals surface area (Å²) in [5.41, 5.74) is 21.3. The first-order valence-corrected chi connectivity index (χ1v) is 20.4. The number of ketones is 1. The largest absolute Gasteiger partial charge is 0.390 e. The van der Waals surface area contributed by atoms with Crippen molar-refractivity contribution in [1.82, 2.24) is 20.2 Å². The van der Waals surface area contributed by atoms with Crippen LogP contribution in [0, 0.1) is 5.92 Å². The highest BCUT2D eigenvalue weighted by Gasteiger charge is 2.56. The van der Waals surface area contributed by atoms with Crippen LogP contribution in [0.3, 0.4) is 0 Å². The molecule has 3 amide bonds. The minimum Gasteiger partial charge on any atom is -0.390 e. The molecular formula is C44H51N7O5S. The number of nitrogens with zero attached hydrogens (tertiary/aromatic N) is 3. The van der Waals surface area contributed by atoms with E-state index in [2.05, 4.69) is 15.3 Å². The van der Waals surface area contributed by atoms with Crippen molar-refractivity contribution in [2.45, 2.75) is 94.6 Å². The van der Waals surface area contributed by atoms with Crippen LogP contribution in [0.15, 0.2) is 102 Å². The Bertz CT molecular complexity index is 2150. The van der Waals surface area contributed by atoms with Gasteiger partial charge in [0.05, 0.1) is 47.3 Å². The number of thiazole rings is 1. The van der Waals surface area contributed by atoms with Gasteiger partial charge in [-0.1, -0.05) is 98.8 Å². The van der Waals surface area contributed by atoms with E-state index in [0.29, 0.717) is 17.8 Å². The third-order valence-corrected chi connectivity index (χ3v) is 11.6. The van der Waals surface area contributed by atoms with Crippen molar-refractivity contribution in [2.75, 3.05) is 0 Å². The number of carbonyl (C=O) groups is 4. The number of nitrogens with one attached hydrogen (secondary N) is 1. The van der Waals surface area contributed by atoms with Crippen molar-refractivity contribution in [2.24, 2.45) is 23.1 Å². The smallest absolute Gasteiger partial charge is 0.262 e. The predicted molar refractivity (Wildman–Crippen MR) is 221 cm³/mol. The fraction of sp³-hybridized carbons (Fsp3) is 0.364. The van der Waals surface area contributed by atoms with E-state index in [1.54, 1.807) is 23.0 Å². The molecule has 8 N–H and O–H groups in total. The Hall–Kier alpha value is -5.18. The van der Waals surface area contributed by atoms with Crippen molar-refractivity contribution in [1.29, 1.82) is 0 Å². The lowest BCUT2D eigenvalue weighted by Gasteiger charge is -2.43. The van der Waals surface area contributed by atoms with Gasteiger partial charge in [0.25, 0.3) is 11.8 Å². The van der Waals surface area contributed by atoms with E-state index in [1.807, 2.05) is 60.7 Å². The Balaban J connectivity index is 1.48. The zero-order valence-corrected chi connectivity index (χ0v) is 32.9. The van der Waals surface area contributed by atoms with E-state index < -0.39 is 59.6 Å². The van der Waals surface area contributed by atoms with Crippen molar-refractivity contribution in [3.8, 4) is 0 Å². The fourth-order valence-corrected chi connectivity index (χ4v) is 8.72. The van der Waals surface area contributed by atoms with Gasteiger partial charge in [0.15, 0.2) is 11.3 Å². The number of fused-ring (bicyclic) bond motifs is 1. The Labute approximate surface area is 336 Å². The molecule has 0 aliphatic heterocycles. The molecule has 2 heterocycles. The van der Waals surface area contributed by atoms with E-state index >= 15 is 4.79 Å². The maximum atomic E-state index is 15.9. The van der Waals surface area contributed by atoms with Crippen molar-refractivity contribution >= 4 is 45.6 Å². The number of pyridine rings is 1. The average molecular weight is 790 g/mol. The van der Waals surface area contributed by atoms with Crippen molar-refractivity contribution in [3.05, 3.63) is 130 Å². The van der Waals surface area contributed by atoms with Crippen LogP contribution in [0.25, 0.3) is 10.8 Å². The maximum Gasteiger partial charge on any atom is 0.262 e. The first-order chi connectivity index (χ1) is 27.5. The van der Waals surface area contributed by atoms with Gasteiger partial charge in [-0.3, -0.25) is 29.1 Å². The second-order valence-electron chi connectivity index (χ2n) is 15.0. The van der Waals surface area contributed by atoms with Crippen LogP contribution in [0.4, 0.5) is 0 Å². The predicted octanol–water partition coefficient (Wildman–Crippen LogP) is 4.97. The molecule has 6 rings (SSSR count). The van der Waals surface area contributed by atoms with Gasteiger partial charge in [0.1, 0.15) is 0 Å². The van der Waals surface area contributed by atoms with E-state index in [1.165, 1.54) is 36.7 Å². The summed E-state index contributed by atoms with van der Waals surface area (Å²) in [5, 5.41) is 18.4. The standard InChI is InChI=1S/C44H51N7O5S/c1-28(46)41(54)44(47,40(36-26-57-27-50-36)35-18-8-15-32-14-5-6-17-34(32)35)43(56)51(42(55)33-16-9-19-48-25-33)37(21-29-10-3-2-4-11-29)38(52)22-39(53)49-24-31-13-7-12-30(20-31)23-45/h5-9,12-20,25-29,37-38,40,52H,2-4,10-11,21-24,45-47H2,1H3,(H,49,53). The third kappa shape index (κ3) is 9.35. The number of benzene rings is 3. The van der Waals surface area contributed by atoms with E-state index in [-0.39, 0.29) is 24.4 Å². The van der Waals surface area contributed by atoms with Crippen molar-refractivity contribution in [3.63, 3.8) is 0 Å². The second-order valence-corrected chi connectivity index (χ2v) is 15.8. The summed E-state index contributed by atoms with van der Waals surface area (Å²) in [5.74, 6) is -4.35. The van der Waals surface area contributed by atoms with Crippen LogP contribution in [-0.4, -0.2) is 67.2 Å². The number of carbonyl (C=O) groups excluding carboxylic acids is 4. The van der Waals surface area contributed by atoms with Crippen molar-refractivity contribution < 1.29 is 24.3 Å². The lowest BCUT2D eigenvalue weighted by atomic mass is 9.71. The molecule has 3 aromatic carbocycles. The summed E-state index contributed by atoms with van der Waals surface area (Å²) in [6, 6.07) is 21.1. The molecular weight excluding hydrogens is 739 g/mol. The highest BCUT2D eigenvalue weighted by Crippen LogP contribution is 2.41. The molecule has 0 bridgehead atoms. The number of aliphatic hydroxyl groups is 1. The molecule has 5 atom stereocenters. The highest BCUT2D eigenvalue weighted by atomic mass is 32.1. The molecule has 298 valence electrons. The van der Waals surface area contributed by atoms with Gasteiger partial charge in [0.2, 0.25) is 5.91 Å². The van der Waals surface area contributed by atoms with Gasteiger partial charge in [-0.05, 0) is 58.9 Å². The second kappa shape index (κ2) is 18.8. The van der Waals surface area contributed by atoms with Crippen LogP contribution in [0.2, 0.25) is 0 Å². The van der Waals surface area contributed by atoms with Gasteiger partial charge < -0.3 is 27.6 Å². The van der Waals surface area contributed by atoms with Crippen LogP contribution in [0.1, 0.15) is 90.5 Å². The molecule has 13 heteroatoms. The van der Waals surface area contributed by atoms with Gasteiger partial charge in [-0.15, -0.1) is 11.3 Å². The summed E-state index contributed by atoms with van der Waals surface area (Å²) < 4.78 is 0. The van der Waals surface area contributed by atoms with E-state index in [4.69, 9.17) is 17.2 Å². The summed E-state index contributed by atoms with van der Waals surface area (Å²) in [4.78, 5) is 68.8. The maximum absolute atomic E-state index is 15.9. The third-order valence-electron chi connectivity index (χ3n) is 11.0. The summed E-state index contributed by atoms with van der Waals surface area (Å²) in [6.45, 7) is 1.97. The molecule has 5 unspecified atom stereocenters. The molecule has 2 aromatic heterocycles. The normalized spacial score (nSPS) is 16.5. The van der Waals surface area contributed by atoms with Crippen LogP contribution in [0.5, 0.6) is 0 Å². The molecule has 0 radical (unpaired) electrons. The highest BCUT2D eigenvalue weighted by molar-refractivity contribution is 7.07. The Morgan fingerprint density at radius 3 is 2.42 bits per heavy atom. The van der Waals surface area contributed by atoms with E-state index in [0.717, 1.165) is 58.9 Å². The van der Waals surface area contributed by atoms with Crippen LogP contribution in [-0.2, 0) is 27.5 Å². The number of imide groups is 1. The minimum absolute atomic E-state index is 0.0150. The molecule has 57 heavy (non-hydrogen) atoms. The van der Waals surface area contributed by atoms with E-state index in [9.17, 15) is 19.5 Å². The number of Topliss-reactive ketones (excluding diaryl/α,β-unsaturated/α-hetero) is 1. The lowest BCUT2D eigenvalue weighted by molar-refractivity contribution is -0.146. The lowest BCUT2D eigenvalue weighted by Crippen LogP contribution is -2.70. The summed E-state index contributed by atoms with van der Waals surface area (Å²) in [7, 11) is 0. The monoisotopic (exact) mass is 789 g/mol. The number of amides is 3. The average Bonchev–Trinajstić information content (AvgIpc) is 3.77. The number of hydrogen-bond donors (Lipinski definition) is 5. The Kier molecular flexibility index (Phi) is 13.7. The Morgan fingerprint density at radius 2 is 1.72 bits per heavy atom. The minimum atomic E-state index is -2.51. The number of aliphatic hydroxyl groups excluding tert-OH is 1. The molecule has 1 aliphatic carbocycles. The first kappa shape index (κ1) is 41.5. The fourth-order valence-electron chi connectivity index (χ4n) is 8.14. The summed E-state index contributed by atoms with van der Waals surface area (Å²) in [6.07, 6.45) is 5.58. The number of aromatic nitrogens is 2.